The van der Waals surface area contributed by atoms with Gasteiger partial charge in [0.1, 0.15) is 0 Å². The number of morpholine rings is 1. The third-order valence-electron chi connectivity index (χ3n) is 4.09. The lowest BCUT2D eigenvalue weighted by atomic mass is 9.85. The van der Waals surface area contributed by atoms with E-state index >= 15 is 0 Å². The Hall–Kier alpha value is -0.870. The van der Waals surface area contributed by atoms with Gasteiger partial charge in [0.2, 0.25) is 5.91 Å². The minimum absolute atomic E-state index is 0.146. The van der Waals surface area contributed by atoms with Crippen molar-refractivity contribution < 1.29 is 9.53 Å². The predicted octanol–water partition coefficient (Wildman–Crippen LogP) is 3.83. The number of carbonyl (C=O) groups excluding carboxylic acids is 1. The lowest BCUT2D eigenvalue weighted by molar-refractivity contribution is -0.138. The van der Waals surface area contributed by atoms with Gasteiger partial charge >= 0.3 is 0 Å². The molecule has 21 heavy (non-hydrogen) atoms. The highest BCUT2D eigenvalue weighted by molar-refractivity contribution is 9.10. The highest BCUT2D eigenvalue weighted by Gasteiger charge is 2.26. The molecule has 1 heterocycles. The Morgan fingerprint density at radius 2 is 2.05 bits per heavy atom. The van der Waals surface area contributed by atoms with E-state index in [-0.39, 0.29) is 17.9 Å². The molecule has 4 heteroatoms. The van der Waals surface area contributed by atoms with E-state index in [1.165, 1.54) is 5.56 Å². The van der Waals surface area contributed by atoms with E-state index in [9.17, 15) is 4.79 Å². The van der Waals surface area contributed by atoms with Crippen molar-refractivity contribution in [1.82, 2.24) is 4.90 Å². The highest BCUT2D eigenvalue weighted by Crippen LogP contribution is 2.29. The number of hydrogen-bond donors (Lipinski definition) is 0. The zero-order valence-electron chi connectivity index (χ0n) is 13.0. The Labute approximate surface area is 135 Å². The van der Waals surface area contributed by atoms with Crippen LogP contribution in [0.25, 0.3) is 0 Å². The second-order valence-corrected chi connectivity index (χ2v) is 7.04. The molecule has 0 radical (unpaired) electrons. The molecule has 0 spiro atoms. The molecule has 2 rings (SSSR count). The minimum atomic E-state index is 0.146. The summed E-state index contributed by atoms with van der Waals surface area (Å²) < 4.78 is 6.58. The summed E-state index contributed by atoms with van der Waals surface area (Å²) in [6.07, 6.45) is 0.722. The number of hydrogen-bond acceptors (Lipinski definition) is 2. The molecule has 1 saturated heterocycles. The van der Waals surface area contributed by atoms with Gasteiger partial charge in [-0.05, 0) is 36.5 Å². The Kier molecular flexibility index (Phi) is 5.82. The van der Waals surface area contributed by atoms with E-state index in [0.717, 1.165) is 4.47 Å². The molecule has 3 nitrogen and oxygen atoms in total. The molecular weight excluding hydrogens is 330 g/mol. The normalized spacial score (nSPS) is 20.6. The summed E-state index contributed by atoms with van der Waals surface area (Å²) >= 11 is 3.46. The van der Waals surface area contributed by atoms with Crippen LogP contribution in [0.15, 0.2) is 28.7 Å². The first-order valence-electron chi connectivity index (χ1n) is 7.62. The quantitative estimate of drug-likeness (QED) is 0.823. The summed E-state index contributed by atoms with van der Waals surface area (Å²) in [5.74, 6) is 0.948. The topological polar surface area (TPSA) is 29.5 Å². The molecule has 0 aromatic heterocycles. The van der Waals surface area contributed by atoms with Gasteiger partial charge in [-0.15, -0.1) is 0 Å². The Bertz CT molecular complexity index is 472. The summed E-state index contributed by atoms with van der Waals surface area (Å²) in [6, 6.07) is 8.33. The van der Waals surface area contributed by atoms with Gasteiger partial charge in [-0.3, -0.25) is 4.79 Å². The number of amides is 1. The Morgan fingerprint density at radius 3 is 2.62 bits per heavy atom. The van der Waals surface area contributed by atoms with Crippen LogP contribution < -0.4 is 0 Å². The molecule has 1 fully saturated rings. The van der Waals surface area contributed by atoms with Crippen LogP contribution in [-0.4, -0.2) is 36.6 Å². The van der Waals surface area contributed by atoms with Crippen molar-refractivity contribution in [3.8, 4) is 0 Å². The molecule has 0 N–H and O–H groups in total. The van der Waals surface area contributed by atoms with Crippen LogP contribution in [0.4, 0.5) is 0 Å². The van der Waals surface area contributed by atoms with Gasteiger partial charge in [-0.1, -0.05) is 41.9 Å². The van der Waals surface area contributed by atoms with Gasteiger partial charge in [0.05, 0.1) is 12.7 Å². The number of carbonyl (C=O) groups is 1. The fourth-order valence-electron chi connectivity index (χ4n) is 2.81. The largest absolute Gasteiger partial charge is 0.375 e. The molecule has 1 aromatic rings. The van der Waals surface area contributed by atoms with Gasteiger partial charge in [0, 0.05) is 24.0 Å². The molecule has 1 aliphatic rings. The smallest absolute Gasteiger partial charge is 0.223 e. The lowest BCUT2D eigenvalue weighted by Crippen LogP contribution is -2.45. The lowest BCUT2D eigenvalue weighted by Gasteiger charge is -2.33. The van der Waals surface area contributed by atoms with Crippen LogP contribution in [0.3, 0.4) is 0 Å². The fraction of sp³-hybridized carbons (Fsp3) is 0.588. The highest BCUT2D eigenvalue weighted by atomic mass is 79.9. The van der Waals surface area contributed by atoms with E-state index in [2.05, 4.69) is 41.9 Å². The maximum absolute atomic E-state index is 12.6. The number of ether oxygens (including phenoxy) is 1. The van der Waals surface area contributed by atoms with Crippen molar-refractivity contribution in [2.45, 2.75) is 39.2 Å². The molecule has 1 amide bonds. The molecule has 1 aliphatic heterocycles. The van der Waals surface area contributed by atoms with Crippen molar-refractivity contribution >= 4 is 21.8 Å². The number of rotatable bonds is 4. The van der Waals surface area contributed by atoms with Gasteiger partial charge in [-0.25, -0.2) is 0 Å². The van der Waals surface area contributed by atoms with Crippen LogP contribution in [-0.2, 0) is 9.53 Å². The first-order chi connectivity index (χ1) is 9.97. The minimum Gasteiger partial charge on any atom is -0.375 e. The van der Waals surface area contributed by atoms with Gasteiger partial charge < -0.3 is 9.64 Å². The molecule has 2 atom stereocenters. The standard InChI is InChI=1S/C17H24BrNO2/c1-12(2)16(14-4-6-15(18)7-5-14)10-17(20)19-8-9-21-13(3)11-19/h4-7,12-13,16H,8-11H2,1-3H3. The van der Waals surface area contributed by atoms with Crippen molar-refractivity contribution in [3.63, 3.8) is 0 Å². The zero-order valence-corrected chi connectivity index (χ0v) is 14.6. The van der Waals surface area contributed by atoms with Crippen LogP contribution >= 0.6 is 15.9 Å². The van der Waals surface area contributed by atoms with Crippen LogP contribution in [0.2, 0.25) is 0 Å². The maximum atomic E-state index is 12.6. The van der Waals surface area contributed by atoms with Crippen molar-refractivity contribution in [1.29, 1.82) is 0 Å². The van der Waals surface area contributed by atoms with E-state index in [1.807, 2.05) is 24.0 Å². The van der Waals surface area contributed by atoms with Crippen LogP contribution in [0.1, 0.15) is 38.7 Å². The van der Waals surface area contributed by atoms with Crippen LogP contribution in [0.5, 0.6) is 0 Å². The number of halogens is 1. The Morgan fingerprint density at radius 1 is 1.38 bits per heavy atom. The summed E-state index contributed by atoms with van der Waals surface area (Å²) in [4.78, 5) is 14.5. The summed E-state index contributed by atoms with van der Waals surface area (Å²) in [5, 5.41) is 0. The van der Waals surface area contributed by atoms with E-state index in [0.29, 0.717) is 32.0 Å². The molecular formula is C17H24BrNO2. The average molecular weight is 354 g/mol. The van der Waals surface area contributed by atoms with E-state index in [4.69, 9.17) is 4.74 Å². The molecule has 1 aromatic carbocycles. The first-order valence-corrected chi connectivity index (χ1v) is 8.41. The molecule has 116 valence electrons. The molecule has 2 unspecified atom stereocenters. The van der Waals surface area contributed by atoms with Gasteiger partial charge in [-0.2, -0.15) is 0 Å². The van der Waals surface area contributed by atoms with Crippen molar-refractivity contribution in [2.24, 2.45) is 5.92 Å². The summed E-state index contributed by atoms with van der Waals surface area (Å²) in [6.45, 7) is 8.47. The van der Waals surface area contributed by atoms with Crippen molar-refractivity contribution in [2.75, 3.05) is 19.7 Å². The zero-order chi connectivity index (χ0) is 15.4. The maximum Gasteiger partial charge on any atom is 0.223 e. The van der Waals surface area contributed by atoms with E-state index in [1.54, 1.807) is 0 Å². The number of nitrogens with zero attached hydrogens (tertiary/aromatic N) is 1. The third kappa shape index (κ3) is 4.55. The second kappa shape index (κ2) is 7.41. The SMILES string of the molecule is CC1CN(C(=O)CC(c2ccc(Br)cc2)C(C)C)CCO1. The molecule has 0 saturated carbocycles. The van der Waals surface area contributed by atoms with Gasteiger partial charge in [0.15, 0.2) is 0 Å². The third-order valence-corrected chi connectivity index (χ3v) is 4.62. The molecule has 0 bridgehead atoms. The summed E-state index contributed by atoms with van der Waals surface area (Å²) in [5.41, 5.74) is 1.24. The fourth-order valence-corrected chi connectivity index (χ4v) is 3.07. The summed E-state index contributed by atoms with van der Waals surface area (Å²) in [7, 11) is 0. The van der Waals surface area contributed by atoms with Crippen LogP contribution in [0, 0.1) is 5.92 Å². The Balaban J connectivity index is 2.05. The van der Waals surface area contributed by atoms with E-state index < -0.39 is 0 Å². The molecule has 0 aliphatic carbocycles. The predicted molar refractivity (Wildman–Crippen MR) is 88.3 cm³/mol. The second-order valence-electron chi connectivity index (χ2n) is 6.13. The average Bonchev–Trinajstić information content (AvgIpc) is 2.45. The van der Waals surface area contributed by atoms with Crippen molar-refractivity contribution in [3.05, 3.63) is 34.3 Å². The van der Waals surface area contributed by atoms with Gasteiger partial charge in [0.25, 0.3) is 0 Å². The first kappa shape index (κ1) is 16.5. The monoisotopic (exact) mass is 353 g/mol. The number of benzene rings is 1.